The Bertz CT molecular complexity index is 879. The topological polar surface area (TPSA) is 62.6 Å². The summed E-state index contributed by atoms with van der Waals surface area (Å²) in [5.41, 5.74) is 3.79. The average molecular weight is 439 g/mol. The minimum Gasteiger partial charge on any atom is -0.496 e. The molecule has 0 aliphatic rings. The van der Waals surface area contributed by atoms with Gasteiger partial charge < -0.3 is 19.8 Å². The van der Waals surface area contributed by atoms with Crippen LogP contribution < -0.4 is 0 Å². The molecule has 0 saturated carbocycles. The minimum absolute atomic E-state index is 0.127. The van der Waals surface area contributed by atoms with Gasteiger partial charge in [0.1, 0.15) is 23.3 Å². The second-order valence-electron chi connectivity index (χ2n) is 7.67. The van der Waals surface area contributed by atoms with Crippen LogP contribution >= 0.6 is 0 Å². The van der Waals surface area contributed by atoms with Crippen molar-refractivity contribution in [2.75, 3.05) is 13.7 Å². The second kappa shape index (κ2) is 13.4. The average Bonchev–Trinajstić information content (AvgIpc) is 2.74. The van der Waals surface area contributed by atoms with Crippen LogP contribution in [0.4, 0.5) is 0 Å². The van der Waals surface area contributed by atoms with E-state index in [0.29, 0.717) is 36.0 Å². The molecule has 0 aliphatic carbocycles. The fourth-order valence-corrected chi connectivity index (χ4v) is 3.43. The van der Waals surface area contributed by atoms with Gasteiger partial charge >= 0.3 is 0 Å². The van der Waals surface area contributed by atoms with Crippen LogP contribution in [0.15, 0.2) is 72.5 Å². The maximum Gasteiger partial charge on any atom is 0.141 e. The molecule has 0 aliphatic heterocycles. The van der Waals surface area contributed by atoms with Gasteiger partial charge in [0.15, 0.2) is 0 Å². The molecule has 1 unspecified atom stereocenters. The van der Waals surface area contributed by atoms with Gasteiger partial charge in [-0.25, -0.2) is 0 Å². The predicted molar refractivity (Wildman–Crippen MR) is 132 cm³/mol. The summed E-state index contributed by atoms with van der Waals surface area (Å²) < 4.78 is 11.3. The van der Waals surface area contributed by atoms with Crippen molar-refractivity contribution in [3.05, 3.63) is 83.6 Å². The highest BCUT2D eigenvalue weighted by Crippen LogP contribution is 2.36. The normalized spacial score (nSPS) is 12.7. The lowest BCUT2D eigenvalue weighted by Gasteiger charge is -2.37. The monoisotopic (exact) mass is 438 g/mol. The highest BCUT2D eigenvalue weighted by atomic mass is 16.5. The first-order chi connectivity index (χ1) is 15.2. The highest BCUT2D eigenvalue weighted by Gasteiger charge is 2.29. The van der Waals surface area contributed by atoms with Gasteiger partial charge in [-0.2, -0.15) is 0 Å². The smallest absolute Gasteiger partial charge is 0.141 e. The van der Waals surface area contributed by atoms with Crippen molar-refractivity contribution < 1.29 is 14.3 Å². The Hall–Kier alpha value is -3.08. The van der Waals surface area contributed by atoms with Gasteiger partial charge in [0.2, 0.25) is 0 Å². The molecule has 0 spiro atoms. The third-order valence-electron chi connectivity index (χ3n) is 5.00. The molecule has 174 valence electrons. The number of nitrogens with zero attached hydrogens (tertiary/aromatic N) is 1. The number of rotatable bonds is 14. The van der Waals surface area contributed by atoms with Crippen LogP contribution in [0, 0.1) is 12.3 Å². The molecule has 0 bridgehead atoms. The number of methoxy groups -OCH3 is 1. The van der Waals surface area contributed by atoms with Gasteiger partial charge in [-0.1, -0.05) is 56.0 Å². The fourth-order valence-electron chi connectivity index (χ4n) is 3.43. The van der Waals surface area contributed by atoms with E-state index in [9.17, 15) is 4.79 Å². The number of hydrogen-bond acceptors (Lipinski definition) is 5. The molecule has 1 atom stereocenters. The number of carbonyl (C=O) groups excluding carboxylic acids is 1. The number of ketones is 1. The van der Waals surface area contributed by atoms with E-state index in [4.69, 9.17) is 14.9 Å². The third kappa shape index (κ3) is 7.56. The summed E-state index contributed by atoms with van der Waals surface area (Å²) in [5.74, 6) is 1.11. The van der Waals surface area contributed by atoms with Crippen molar-refractivity contribution in [2.45, 2.75) is 59.9 Å². The maximum absolute atomic E-state index is 12.5. The summed E-state index contributed by atoms with van der Waals surface area (Å²) >= 11 is 0. The zero-order valence-electron chi connectivity index (χ0n) is 20.5. The van der Waals surface area contributed by atoms with Crippen LogP contribution in [0.2, 0.25) is 0 Å². The largest absolute Gasteiger partial charge is 0.496 e. The quantitative estimate of drug-likeness (QED) is 0.201. The van der Waals surface area contributed by atoms with Crippen molar-refractivity contribution in [3.8, 4) is 0 Å². The Morgan fingerprint density at radius 3 is 2.31 bits per heavy atom. The molecule has 1 aromatic carbocycles. The molecule has 0 heterocycles. The van der Waals surface area contributed by atoms with Crippen molar-refractivity contribution in [1.29, 1.82) is 5.41 Å². The Labute approximate surface area is 193 Å². The van der Waals surface area contributed by atoms with Gasteiger partial charge in [-0.05, 0) is 39.7 Å². The summed E-state index contributed by atoms with van der Waals surface area (Å²) in [5, 5.41) is 8.02. The number of allylic oxidation sites excluding steroid dienone is 4. The van der Waals surface area contributed by atoms with E-state index in [0.717, 1.165) is 23.2 Å². The van der Waals surface area contributed by atoms with E-state index in [2.05, 4.69) is 13.2 Å². The molecule has 0 amide bonds. The van der Waals surface area contributed by atoms with Gasteiger partial charge in [0, 0.05) is 30.3 Å². The number of Topliss-reactive ketones (excluding diaryl/α,β-unsaturated/α-hetero) is 1. The zero-order valence-corrected chi connectivity index (χ0v) is 20.5. The number of hydrogen-bond donors (Lipinski definition) is 1. The molecular formula is C27H38N2O3. The van der Waals surface area contributed by atoms with E-state index in [1.165, 1.54) is 7.11 Å². The SMILES string of the molecule is C=C(OCC)C(c1ccc(C)cc1)N(C(=C)CC(=O)CCC)C(/C=C(/OC)C(C)=N)=C/C. The van der Waals surface area contributed by atoms with Crippen LogP contribution in [-0.4, -0.2) is 30.1 Å². The zero-order chi connectivity index (χ0) is 24.3. The van der Waals surface area contributed by atoms with Crippen LogP contribution in [0.25, 0.3) is 0 Å². The first kappa shape index (κ1) is 27.0. The minimum atomic E-state index is -0.399. The number of ether oxygens (including phenoxy) is 2. The number of aryl methyl sites for hydroxylation is 1. The third-order valence-corrected chi connectivity index (χ3v) is 5.00. The summed E-state index contributed by atoms with van der Waals surface area (Å²) in [6.45, 7) is 18.5. The molecule has 5 nitrogen and oxygen atoms in total. The van der Waals surface area contributed by atoms with Crippen molar-refractivity contribution in [3.63, 3.8) is 0 Å². The Morgan fingerprint density at radius 1 is 1.22 bits per heavy atom. The fraction of sp³-hybridized carbons (Fsp3) is 0.407. The van der Waals surface area contributed by atoms with Crippen LogP contribution in [0.5, 0.6) is 0 Å². The van der Waals surface area contributed by atoms with Gasteiger partial charge in [0.05, 0.1) is 19.4 Å². The molecule has 32 heavy (non-hydrogen) atoms. The standard InChI is InChI=1S/C27H38N2O3/c1-9-12-25(30)17-20(5)29(24(10-2)18-26(31-8)21(6)28)27(22(7)32-11-3)23-15-13-19(4)14-16-23/h10,13-16,18,27-28H,5,7,9,11-12,17H2,1-4,6,8H3/b24-10+,26-18+,28-21?. The van der Waals surface area contributed by atoms with Crippen LogP contribution in [0.1, 0.15) is 64.1 Å². The lowest BCUT2D eigenvalue weighted by Crippen LogP contribution is -2.30. The Morgan fingerprint density at radius 2 is 1.84 bits per heavy atom. The van der Waals surface area contributed by atoms with Crippen molar-refractivity contribution in [1.82, 2.24) is 4.90 Å². The van der Waals surface area contributed by atoms with Gasteiger partial charge in [-0.3, -0.25) is 4.79 Å². The molecule has 0 saturated heterocycles. The number of benzene rings is 1. The lowest BCUT2D eigenvalue weighted by atomic mass is 9.99. The van der Waals surface area contributed by atoms with E-state index in [1.54, 1.807) is 13.0 Å². The highest BCUT2D eigenvalue weighted by molar-refractivity contribution is 5.94. The Kier molecular flexibility index (Phi) is 11.3. The molecular weight excluding hydrogens is 400 g/mol. The van der Waals surface area contributed by atoms with Crippen molar-refractivity contribution >= 4 is 11.5 Å². The van der Waals surface area contributed by atoms with Gasteiger partial charge in [-0.15, -0.1) is 0 Å². The molecule has 0 fully saturated rings. The van der Waals surface area contributed by atoms with E-state index >= 15 is 0 Å². The number of nitrogens with one attached hydrogen (secondary N) is 1. The first-order valence-electron chi connectivity index (χ1n) is 11.0. The van der Waals surface area contributed by atoms with E-state index in [1.807, 2.05) is 62.9 Å². The summed E-state index contributed by atoms with van der Waals surface area (Å²) in [4.78, 5) is 14.5. The summed E-state index contributed by atoms with van der Waals surface area (Å²) in [7, 11) is 1.54. The molecule has 5 heteroatoms. The molecule has 1 rings (SSSR count). The first-order valence-corrected chi connectivity index (χ1v) is 11.0. The van der Waals surface area contributed by atoms with Crippen LogP contribution in [-0.2, 0) is 14.3 Å². The molecule has 0 radical (unpaired) electrons. The molecule has 1 aromatic rings. The number of carbonyl (C=O) groups is 1. The summed E-state index contributed by atoms with van der Waals surface area (Å²) in [6.07, 6.45) is 5.21. The van der Waals surface area contributed by atoms with E-state index < -0.39 is 6.04 Å². The summed E-state index contributed by atoms with van der Waals surface area (Å²) in [6, 6.07) is 7.75. The van der Waals surface area contributed by atoms with Gasteiger partial charge in [0.25, 0.3) is 0 Å². The molecule has 0 aromatic heterocycles. The Balaban J connectivity index is 3.68. The van der Waals surface area contributed by atoms with Crippen LogP contribution in [0.3, 0.4) is 0 Å². The lowest BCUT2D eigenvalue weighted by molar-refractivity contribution is -0.118. The molecule has 1 N–H and O–H groups in total. The van der Waals surface area contributed by atoms with Crippen molar-refractivity contribution in [2.24, 2.45) is 0 Å². The second-order valence-corrected chi connectivity index (χ2v) is 7.67. The van der Waals surface area contributed by atoms with E-state index in [-0.39, 0.29) is 12.2 Å². The predicted octanol–water partition coefficient (Wildman–Crippen LogP) is 6.64. The maximum atomic E-state index is 12.5.